The number of anilines is 1. The summed E-state index contributed by atoms with van der Waals surface area (Å²) in [6.07, 6.45) is -0.244. The van der Waals surface area contributed by atoms with Gasteiger partial charge in [-0.3, -0.25) is 9.80 Å². The van der Waals surface area contributed by atoms with Crippen molar-refractivity contribution < 1.29 is 5.11 Å². The quantitative estimate of drug-likeness (QED) is 0.925. The Bertz CT molecular complexity index is 655. The average Bonchev–Trinajstić information content (AvgIpc) is 3.03. The average molecular weight is 337 g/mol. The molecule has 2 aromatic rings. The van der Waals surface area contributed by atoms with Crippen LogP contribution in [0.4, 0.5) is 5.69 Å². The Morgan fingerprint density at radius 3 is 2.12 bits per heavy atom. The maximum Gasteiger partial charge on any atom is 0.0834 e. The molecule has 2 saturated heterocycles. The molecule has 4 nitrogen and oxygen atoms in total. The molecule has 0 aromatic heterocycles. The summed E-state index contributed by atoms with van der Waals surface area (Å²) in [6.45, 7) is 6.78. The number of benzene rings is 2. The number of rotatable bonds is 4. The summed E-state index contributed by atoms with van der Waals surface area (Å²) in [5.41, 5.74) is 2.63. The lowest BCUT2D eigenvalue weighted by atomic mass is 10.1. The highest BCUT2D eigenvalue weighted by molar-refractivity contribution is 5.46. The van der Waals surface area contributed by atoms with Crippen LogP contribution in [0.3, 0.4) is 0 Å². The molecule has 0 radical (unpaired) electrons. The van der Waals surface area contributed by atoms with E-state index in [-0.39, 0.29) is 12.1 Å². The van der Waals surface area contributed by atoms with Gasteiger partial charge in [-0.25, -0.2) is 0 Å². The number of hydrogen-bond donors (Lipinski definition) is 1. The minimum atomic E-state index is -0.244. The first-order valence-corrected chi connectivity index (χ1v) is 9.28. The van der Waals surface area contributed by atoms with Crippen molar-refractivity contribution in [2.75, 3.05) is 44.2 Å². The smallest absolute Gasteiger partial charge is 0.0834 e. The third kappa shape index (κ3) is 3.87. The standard InChI is InChI=1S/C21H27N3O/c25-21-17-22(15-18-7-3-1-4-8-18)16-20(21)24-13-11-23(12-14-24)19-9-5-2-6-10-19/h1-10,20-21,25H,11-17H2. The number of β-amino-alcohol motifs (C(OH)–C–C–N with tert-alkyl or cyclic N) is 1. The van der Waals surface area contributed by atoms with Crippen LogP contribution in [-0.2, 0) is 6.54 Å². The highest BCUT2D eigenvalue weighted by atomic mass is 16.3. The van der Waals surface area contributed by atoms with Gasteiger partial charge in [0.2, 0.25) is 0 Å². The van der Waals surface area contributed by atoms with Gasteiger partial charge in [-0.1, -0.05) is 48.5 Å². The summed E-state index contributed by atoms with van der Waals surface area (Å²) in [6, 6.07) is 21.5. The number of nitrogens with zero attached hydrogens (tertiary/aromatic N) is 3. The maximum atomic E-state index is 10.6. The number of piperazine rings is 1. The van der Waals surface area contributed by atoms with Gasteiger partial charge in [0.1, 0.15) is 0 Å². The molecule has 25 heavy (non-hydrogen) atoms. The van der Waals surface area contributed by atoms with Crippen molar-refractivity contribution in [3.8, 4) is 0 Å². The van der Waals surface area contributed by atoms with Crippen molar-refractivity contribution in [3.05, 3.63) is 66.2 Å². The zero-order valence-corrected chi connectivity index (χ0v) is 14.7. The van der Waals surface area contributed by atoms with Gasteiger partial charge < -0.3 is 10.0 Å². The molecule has 0 saturated carbocycles. The van der Waals surface area contributed by atoms with E-state index in [0.717, 1.165) is 45.8 Å². The summed E-state index contributed by atoms with van der Waals surface area (Å²) in [5, 5.41) is 10.6. The van der Waals surface area contributed by atoms with E-state index in [1.165, 1.54) is 11.3 Å². The zero-order valence-electron chi connectivity index (χ0n) is 14.7. The SMILES string of the molecule is OC1CN(Cc2ccccc2)CC1N1CCN(c2ccccc2)CC1. The van der Waals surface area contributed by atoms with Crippen LogP contribution in [0.2, 0.25) is 0 Å². The zero-order chi connectivity index (χ0) is 17.1. The van der Waals surface area contributed by atoms with Gasteiger partial charge in [-0.05, 0) is 17.7 Å². The summed E-state index contributed by atoms with van der Waals surface area (Å²) in [7, 11) is 0. The Morgan fingerprint density at radius 2 is 1.44 bits per heavy atom. The lowest BCUT2D eigenvalue weighted by Crippen LogP contribution is -2.53. The molecule has 2 heterocycles. The van der Waals surface area contributed by atoms with Crippen LogP contribution in [0.15, 0.2) is 60.7 Å². The third-order valence-electron chi connectivity index (χ3n) is 5.49. The largest absolute Gasteiger partial charge is 0.390 e. The lowest BCUT2D eigenvalue weighted by molar-refractivity contribution is 0.0791. The molecular weight excluding hydrogens is 310 g/mol. The molecule has 1 N–H and O–H groups in total. The van der Waals surface area contributed by atoms with Crippen molar-refractivity contribution >= 4 is 5.69 Å². The second kappa shape index (κ2) is 7.56. The second-order valence-corrected chi connectivity index (χ2v) is 7.17. The molecule has 2 aromatic carbocycles. The fourth-order valence-corrected chi connectivity index (χ4v) is 4.13. The molecule has 2 unspecified atom stereocenters. The Balaban J connectivity index is 1.32. The van der Waals surface area contributed by atoms with Crippen molar-refractivity contribution in [1.29, 1.82) is 0 Å². The predicted octanol–water partition coefficient (Wildman–Crippen LogP) is 2.05. The normalized spacial score (nSPS) is 25.4. The van der Waals surface area contributed by atoms with Gasteiger partial charge in [0.05, 0.1) is 6.10 Å². The topological polar surface area (TPSA) is 30.0 Å². The molecule has 0 spiro atoms. The fraction of sp³-hybridized carbons (Fsp3) is 0.429. The van der Waals surface area contributed by atoms with E-state index in [2.05, 4.69) is 75.4 Å². The highest BCUT2D eigenvalue weighted by Crippen LogP contribution is 2.22. The first-order chi connectivity index (χ1) is 12.3. The minimum Gasteiger partial charge on any atom is -0.390 e. The lowest BCUT2D eigenvalue weighted by Gasteiger charge is -2.39. The molecule has 132 valence electrons. The molecule has 2 aliphatic rings. The van der Waals surface area contributed by atoms with Gasteiger partial charge in [0.15, 0.2) is 0 Å². The van der Waals surface area contributed by atoms with Crippen LogP contribution in [0.1, 0.15) is 5.56 Å². The molecule has 4 heteroatoms. The van der Waals surface area contributed by atoms with Gasteiger partial charge in [0, 0.05) is 57.5 Å². The summed E-state index contributed by atoms with van der Waals surface area (Å²) in [4.78, 5) is 7.31. The van der Waals surface area contributed by atoms with Crippen LogP contribution >= 0.6 is 0 Å². The van der Waals surface area contributed by atoms with E-state index < -0.39 is 0 Å². The van der Waals surface area contributed by atoms with E-state index in [9.17, 15) is 5.11 Å². The maximum absolute atomic E-state index is 10.6. The Kier molecular flexibility index (Phi) is 5.02. The van der Waals surface area contributed by atoms with Gasteiger partial charge in [-0.2, -0.15) is 0 Å². The second-order valence-electron chi connectivity index (χ2n) is 7.17. The van der Waals surface area contributed by atoms with E-state index in [0.29, 0.717) is 0 Å². The van der Waals surface area contributed by atoms with Crippen molar-refractivity contribution in [3.63, 3.8) is 0 Å². The monoisotopic (exact) mass is 337 g/mol. The van der Waals surface area contributed by atoms with Crippen LogP contribution in [-0.4, -0.2) is 66.3 Å². The van der Waals surface area contributed by atoms with Gasteiger partial charge in [-0.15, -0.1) is 0 Å². The van der Waals surface area contributed by atoms with Gasteiger partial charge >= 0.3 is 0 Å². The van der Waals surface area contributed by atoms with Crippen LogP contribution < -0.4 is 4.90 Å². The number of hydrogen-bond acceptors (Lipinski definition) is 4. The Hall–Kier alpha value is -1.88. The molecule has 4 rings (SSSR count). The Labute approximate surface area is 150 Å². The fourth-order valence-electron chi connectivity index (χ4n) is 4.13. The first-order valence-electron chi connectivity index (χ1n) is 9.28. The predicted molar refractivity (Wildman–Crippen MR) is 102 cm³/mol. The van der Waals surface area contributed by atoms with Crippen LogP contribution in [0, 0.1) is 0 Å². The van der Waals surface area contributed by atoms with E-state index >= 15 is 0 Å². The van der Waals surface area contributed by atoms with E-state index in [1.807, 2.05) is 0 Å². The molecule has 0 aliphatic carbocycles. The number of aliphatic hydroxyl groups is 1. The summed E-state index contributed by atoms with van der Waals surface area (Å²) < 4.78 is 0. The first kappa shape index (κ1) is 16.6. The number of aliphatic hydroxyl groups excluding tert-OH is 1. The third-order valence-corrected chi connectivity index (χ3v) is 5.49. The Morgan fingerprint density at radius 1 is 0.800 bits per heavy atom. The van der Waals surface area contributed by atoms with E-state index in [1.54, 1.807) is 0 Å². The minimum absolute atomic E-state index is 0.244. The van der Waals surface area contributed by atoms with Crippen LogP contribution in [0.5, 0.6) is 0 Å². The molecule has 0 amide bonds. The number of likely N-dealkylation sites (tertiary alicyclic amines) is 1. The highest BCUT2D eigenvalue weighted by Gasteiger charge is 2.36. The number of para-hydroxylation sites is 1. The molecule has 2 aliphatic heterocycles. The van der Waals surface area contributed by atoms with E-state index in [4.69, 9.17) is 0 Å². The van der Waals surface area contributed by atoms with Crippen molar-refractivity contribution in [2.24, 2.45) is 0 Å². The van der Waals surface area contributed by atoms with Crippen molar-refractivity contribution in [1.82, 2.24) is 9.80 Å². The van der Waals surface area contributed by atoms with Gasteiger partial charge in [0.25, 0.3) is 0 Å². The van der Waals surface area contributed by atoms with Crippen LogP contribution in [0.25, 0.3) is 0 Å². The molecular formula is C21H27N3O. The van der Waals surface area contributed by atoms with Crippen molar-refractivity contribution in [2.45, 2.75) is 18.7 Å². The molecule has 0 bridgehead atoms. The molecule has 2 fully saturated rings. The molecule has 2 atom stereocenters. The summed E-state index contributed by atoms with van der Waals surface area (Å²) in [5.74, 6) is 0. The summed E-state index contributed by atoms with van der Waals surface area (Å²) >= 11 is 0.